The number of benzene rings is 1. The van der Waals surface area contributed by atoms with E-state index in [2.05, 4.69) is 4.72 Å². The van der Waals surface area contributed by atoms with Crippen LogP contribution in [0.25, 0.3) is 0 Å². The molecule has 0 aliphatic rings. The van der Waals surface area contributed by atoms with Crippen LogP contribution in [0.5, 0.6) is 0 Å². The van der Waals surface area contributed by atoms with Crippen LogP contribution in [-0.4, -0.2) is 45.1 Å². The molecule has 0 saturated carbocycles. The largest absolute Gasteiger partial charge is 0.377 e. The Morgan fingerprint density at radius 3 is 2.32 bits per heavy atom. The molecule has 0 spiro atoms. The maximum absolute atomic E-state index is 12.2. The Kier molecular flexibility index (Phi) is 7.73. The molecule has 7 heteroatoms. The Balaban J connectivity index is 3.21. The van der Waals surface area contributed by atoms with Gasteiger partial charge in [0.25, 0.3) is 0 Å². The van der Waals surface area contributed by atoms with Gasteiger partial charge in [-0.05, 0) is 44.0 Å². The standard InChI is InChI=1S/C18H31N3O3S/c1-7-11-25(23,24)19-16-9-10-17(20(5)6)15(12-16)13-21(14(3)4)18(22)8-2/h9-10,12,14,19H,7-8,11,13H2,1-6H3. The summed E-state index contributed by atoms with van der Waals surface area (Å²) in [5, 5.41) is 0. The zero-order valence-electron chi connectivity index (χ0n) is 16.2. The molecular formula is C18H31N3O3S. The molecule has 25 heavy (non-hydrogen) atoms. The molecule has 0 aliphatic carbocycles. The van der Waals surface area contributed by atoms with Crippen molar-refractivity contribution in [2.45, 2.75) is 53.1 Å². The highest BCUT2D eigenvalue weighted by Gasteiger charge is 2.19. The minimum absolute atomic E-state index is 0.0721. The van der Waals surface area contributed by atoms with Crippen molar-refractivity contribution < 1.29 is 13.2 Å². The van der Waals surface area contributed by atoms with Crippen molar-refractivity contribution in [2.75, 3.05) is 29.5 Å². The fourth-order valence-electron chi connectivity index (χ4n) is 2.66. The number of rotatable bonds is 9. The Hall–Kier alpha value is -1.76. The first-order chi connectivity index (χ1) is 11.6. The number of amides is 1. The molecule has 0 bridgehead atoms. The highest BCUT2D eigenvalue weighted by molar-refractivity contribution is 7.92. The predicted molar refractivity (Wildman–Crippen MR) is 104 cm³/mol. The van der Waals surface area contributed by atoms with Crippen LogP contribution < -0.4 is 9.62 Å². The third-order valence-corrected chi connectivity index (χ3v) is 5.39. The summed E-state index contributed by atoms with van der Waals surface area (Å²) >= 11 is 0. The normalized spacial score (nSPS) is 11.5. The van der Waals surface area contributed by atoms with Gasteiger partial charge < -0.3 is 9.80 Å². The molecule has 0 saturated heterocycles. The second-order valence-electron chi connectivity index (χ2n) is 6.63. The summed E-state index contributed by atoms with van der Waals surface area (Å²) in [6, 6.07) is 5.53. The van der Waals surface area contributed by atoms with Gasteiger partial charge in [-0.15, -0.1) is 0 Å². The molecular weight excluding hydrogens is 338 g/mol. The molecule has 0 unspecified atom stereocenters. The third kappa shape index (κ3) is 6.23. The molecule has 1 amide bonds. The number of nitrogens with zero attached hydrogens (tertiary/aromatic N) is 2. The molecule has 0 aromatic heterocycles. The highest BCUT2D eigenvalue weighted by Crippen LogP contribution is 2.26. The number of hydrogen-bond acceptors (Lipinski definition) is 4. The van der Waals surface area contributed by atoms with E-state index < -0.39 is 10.0 Å². The fourth-order valence-corrected chi connectivity index (χ4v) is 3.78. The second kappa shape index (κ2) is 9.08. The molecule has 1 rings (SSSR count). The molecule has 0 radical (unpaired) electrons. The minimum atomic E-state index is -3.34. The summed E-state index contributed by atoms with van der Waals surface area (Å²) in [5.74, 6) is 0.168. The van der Waals surface area contributed by atoms with E-state index in [4.69, 9.17) is 0 Å². The van der Waals surface area contributed by atoms with Crippen molar-refractivity contribution in [3.05, 3.63) is 23.8 Å². The SMILES string of the molecule is CCCS(=O)(=O)Nc1ccc(N(C)C)c(CN(C(=O)CC)C(C)C)c1. The summed E-state index contributed by atoms with van der Waals surface area (Å²) in [5.41, 5.74) is 2.41. The summed E-state index contributed by atoms with van der Waals surface area (Å²) in [6.07, 6.45) is 1.00. The van der Waals surface area contributed by atoms with E-state index in [0.717, 1.165) is 11.3 Å². The molecule has 0 atom stereocenters. The van der Waals surface area contributed by atoms with Crippen LogP contribution >= 0.6 is 0 Å². The third-order valence-electron chi connectivity index (χ3n) is 3.89. The van der Waals surface area contributed by atoms with E-state index in [1.54, 1.807) is 6.07 Å². The quantitative estimate of drug-likeness (QED) is 0.726. The molecule has 1 N–H and O–H groups in total. The van der Waals surface area contributed by atoms with Crippen LogP contribution in [0.2, 0.25) is 0 Å². The summed E-state index contributed by atoms with van der Waals surface area (Å²) in [7, 11) is 0.519. The van der Waals surface area contributed by atoms with Crippen molar-refractivity contribution in [3.8, 4) is 0 Å². The van der Waals surface area contributed by atoms with Crippen molar-refractivity contribution in [1.29, 1.82) is 0 Å². The van der Waals surface area contributed by atoms with Crippen molar-refractivity contribution in [3.63, 3.8) is 0 Å². The topological polar surface area (TPSA) is 69.7 Å². The van der Waals surface area contributed by atoms with Crippen LogP contribution in [0.1, 0.15) is 46.1 Å². The lowest BCUT2D eigenvalue weighted by Gasteiger charge is -2.29. The van der Waals surface area contributed by atoms with Crippen LogP contribution in [0.4, 0.5) is 11.4 Å². The van der Waals surface area contributed by atoms with Crippen LogP contribution in [0.15, 0.2) is 18.2 Å². The maximum Gasteiger partial charge on any atom is 0.232 e. The predicted octanol–water partition coefficient (Wildman–Crippen LogP) is 3.05. The molecule has 6 nitrogen and oxygen atoms in total. The van der Waals surface area contributed by atoms with E-state index >= 15 is 0 Å². The Bertz CT molecular complexity index is 685. The summed E-state index contributed by atoms with van der Waals surface area (Å²) in [6.45, 7) is 8.09. The van der Waals surface area contributed by atoms with Gasteiger partial charge in [0.1, 0.15) is 0 Å². The van der Waals surface area contributed by atoms with Crippen molar-refractivity contribution >= 4 is 27.3 Å². The van der Waals surface area contributed by atoms with Crippen LogP contribution in [0.3, 0.4) is 0 Å². The molecule has 0 aliphatic heterocycles. The zero-order valence-corrected chi connectivity index (χ0v) is 17.0. The van der Waals surface area contributed by atoms with Gasteiger partial charge in [0.2, 0.25) is 15.9 Å². The van der Waals surface area contributed by atoms with Crippen molar-refractivity contribution in [2.24, 2.45) is 0 Å². The highest BCUT2D eigenvalue weighted by atomic mass is 32.2. The van der Waals surface area contributed by atoms with Gasteiger partial charge in [0.05, 0.1) is 5.75 Å². The number of hydrogen-bond donors (Lipinski definition) is 1. The van der Waals surface area contributed by atoms with Gasteiger partial charge in [-0.2, -0.15) is 0 Å². The van der Waals surface area contributed by atoms with Crippen LogP contribution in [0, 0.1) is 0 Å². The first-order valence-corrected chi connectivity index (χ1v) is 10.4. The lowest BCUT2D eigenvalue weighted by atomic mass is 10.1. The smallest absolute Gasteiger partial charge is 0.232 e. The van der Waals surface area contributed by atoms with Gasteiger partial charge in [0, 0.05) is 44.5 Å². The zero-order chi connectivity index (χ0) is 19.2. The summed E-state index contributed by atoms with van der Waals surface area (Å²) in [4.78, 5) is 16.0. The first-order valence-electron chi connectivity index (χ1n) is 8.71. The maximum atomic E-state index is 12.2. The minimum Gasteiger partial charge on any atom is -0.377 e. The lowest BCUT2D eigenvalue weighted by molar-refractivity contribution is -0.133. The van der Waals surface area contributed by atoms with E-state index in [9.17, 15) is 13.2 Å². The lowest BCUT2D eigenvalue weighted by Crippen LogP contribution is -2.36. The average molecular weight is 370 g/mol. The Labute approximate surface area is 152 Å². The number of anilines is 2. The average Bonchev–Trinajstić information content (AvgIpc) is 2.50. The van der Waals surface area contributed by atoms with Gasteiger partial charge in [-0.3, -0.25) is 9.52 Å². The molecule has 0 heterocycles. The molecule has 1 aromatic carbocycles. The number of nitrogens with one attached hydrogen (secondary N) is 1. The number of carbonyl (C=O) groups excluding carboxylic acids is 1. The van der Waals surface area contributed by atoms with Gasteiger partial charge in [-0.1, -0.05) is 13.8 Å². The van der Waals surface area contributed by atoms with E-state index in [1.807, 2.05) is 63.7 Å². The van der Waals surface area contributed by atoms with E-state index in [0.29, 0.717) is 25.1 Å². The Morgan fingerprint density at radius 1 is 1.20 bits per heavy atom. The fraction of sp³-hybridized carbons (Fsp3) is 0.611. The molecule has 1 aromatic rings. The summed E-state index contributed by atoms with van der Waals surface area (Å²) < 4.78 is 26.7. The number of carbonyl (C=O) groups is 1. The van der Waals surface area contributed by atoms with E-state index in [1.165, 1.54) is 0 Å². The van der Waals surface area contributed by atoms with Gasteiger partial charge in [-0.25, -0.2) is 8.42 Å². The first kappa shape index (κ1) is 21.3. The van der Waals surface area contributed by atoms with Crippen LogP contribution in [-0.2, 0) is 21.4 Å². The Morgan fingerprint density at radius 2 is 1.84 bits per heavy atom. The van der Waals surface area contributed by atoms with Gasteiger partial charge >= 0.3 is 0 Å². The monoisotopic (exact) mass is 369 g/mol. The molecule has 0 fully saturated rings. The van der Waals surface area contributed by atoms with Gasteiger partial charge in [0.15, 0.2) is 0 Å². The second-order valence-corrected chi connectivity index (χ2v) is 8.47. The van der Waals surface area contributed by atoms with Crippen molar-refractivity contribution in [1.82, 2.24) is 4.90 Å². The number of sulfonamides is 1. The van der Waals surface area contributed by atoms with E-state index in [-0.39, 0.29) is 17.7 Å². The molecule has 142 valence electrons.